The summed E-state index contributed by atoms with van der Waals surface area (Å²) in [6.45, 7) is 1.52. The fourth-order valence-corrected chi connectivity index (χ4v) is 0.688. The van der Waals surface area contributed by atoms with Crippen LogP contribution in [0, 0.1) is 17.0 Å². The number of aromatic amines is 1. The fraction of sp³-hybridized carbons (Fsp3) is 0.167. The zero-order valence-electron chi connectivity index (χ0n) is 5.83. The van der Waals surface area contributed by atoms with Crippen molar-refractivity contribution in [3.63, 3.8) is 0 Å². The summed E-state index contributed by atoms with van der Waals surface area (Å²) in [7, 11) is 0. The van der Waals surface area contributed by atoms with Gasteiger partial charge >= 0.3 is 0 Å². The molecule has 0 bridgehead atoms. The van der Waals surface area contributed by atoms with Crippen LogP contribution in [0.25, 0.3) is 0 Å². The molecule has 0 fully saturated rings. The van der Waals surface area contributed by atoms with Crippen LogP contribution in [0.15, 0.2) is 17.1 Å². The van der Waals surface area contributed by atoms with Gasteiger partial charge in [-0.2, -0.15) is 0 Å². The molecule has 0 spiro atoms. The van der Waals surface area contributed by atoms with Gasteiger partial charge in [0.05, 0.1) is 11.1 Å². The highest BCUT2D eigenvalue weighted by Gasteiger charge is 2.05. The molecule has 5 heteroatoms. The Morgan fingerprint density at radius 2 is 2.27 bits per heavy atom. The first-order valence-electron chi connectivity index (χ1n) is 2.95. The molecule has 1 N–H and O–H groups in total. The van der Waals surface area contributed by atoms with Crippen molar-refractivity contribution in [2.75, 3.05) is 0 Å². The van der Waals surface area contributed by atoms with Gasteiger partial charge in [0.1, 0.15) is 0 Å². The topological polar surface area (TPSA) is 76.0 Å². The van der Waals surface area contributed by atoms with Gasteiger partial charge in [-0.3, -0.25) is 14.9 Å². The van der Waals surface area contributed by atoms with E-state index >= 15 is 0 Å². The molecule has 0 saturated carbocycles. The third kappa shape index (κ3) is 1.43. The van der Waals surface area contributed by atoms with Gasteiger partial charge in [-0.15, -0.1) is 0 Å². The summed E-state index contributed by atoms with van der Waals surface area (Å²) >= 11 is 0. The minimum Gasteiger partial charge on any atom is -0.323 e. The molecule has 0 radical (unpaired) electrons. The normalized spacial score (nSPS) is 9.55. The summed E-state index contributed by atoms with van der Waals surface area (Å²) in [5.74, 6) is 0. The number of nitrogens with one attached hydrogen (secondary N) is 1. The Balaban J connectivity index is 3.26. The van der Waals surface area contributed by atoms with E-state index in [2.05, 4.69) is 4.98 Å². The van der Waals surface area contributed by atoms with Gasteiger partial charge in [-0.05, 0) is 6.92 Å². The summed E-state index contributed by atoms with van der Waals surface area (Å²) in [6, 6.07) is 1.23. The molecule has 1 rings (SSSR count). The van der Waals surface area contributed by atoms with E-state index in [1.54, 1.807) is 0 Å². The lowest BCUT2D eigenvalue weighted by Gasteiger charge is -1.90. The molecule has 11 heavy (non-hydrogen) atoms. The van der Waals surface area contributed by atoms with Gasteiger partial charge in [0, 0.05) is 11.6 Å². The molecular weight excluding hydrogens is 148 g/mol. The molecule has 58 valence electrons. The van der Waals surface area contributed by atoms with Crippen molar-refractivity contribution in [3.05, 3.63) is 38.3 Å². The molecule has 1 heterocycles. The molecule has 0 atom stereocenters. The predicted octanol–water partition coefficient (Wildman–Crippen LogP) is 0.592. The maximum atomic E-state index is 10.7. The third-order valence-electron chi connectivity index (χ3n) is 1.28. The lowest BCUT2D eigenvalue weighted by Crippen LogP contribution is -2.08. The number of pyridine rings is 1. The zero-order valence-corrected chi connectivity index (χ0v) is 5.83. The minimum atomic E-state index is -0.553. The minimum absolute atomic E-state index is 0.0953. The molecule has 1 aromatic heterocycles. The van der Waals surface area contributed by atoms with E-state index in [0.717, 1.165) is 6.20 Å². The second kappa shape index (κ2) is 2.53. The molecule has 0 unspecified atom stereocenters. The predicted molar refractivity (Wildman–Crippen MR) is 38.5 cm³/mol. The second-order valence-corrected chi connectivity index (χ2v) is 2.13. The maximum absolute atomic E-state index is 10.7. The van der Waals surface area contributed by atoms with Crippen molar-refractivity contribution in [1.82, 2.24) is 4.98 Å². The Morgan fingerprint density at radius 1 is 1.64 bits per heavy atom. The molecule has 0 aliphatic heterocycles. The molecule has 0 aliphatic rings. The summed E-state index contributed by atoms with van der Waals surface area (Å²) in [4.78, 5) is 22.6. The van der Waals surface area contributed by atoms with Gasteiger partial charge in [0.15, 0.2) is 0 Å². The van der Waals surface area contributed by atoms with Crippen LogP contribution in [0.5, 0.6) is 0 Å². The summed E-state index contributed by atoms with van der Waals surface area (Å²) in [6.07, 6.45) is 1.08. The van der Waals surface area contributed by atoms with Gasteiger partial charge in [0.25, 0.3) is 11.2 Å². The Labute approximate surface area is 61.8 Å². The van der Waals surface area contributed by atoms with Crippen LogP contribution in [0.2, 0.25) is 0 Å². The average Bonchev–Trinajstić information content (AvgIpc) is 1.94. The van der Waals surface area contributed by atoms with Crippen molar-refractivity contribution in [2.24, 2.45) is 0 Å². The third-order valence-corrected chi connectivity index (χ3v) is 1.28. The molecule has 0 saturated heterocycles. The van der Waals surface area contributed by atoms with Crippen molar-refractivity contribution in [3.8, 4) is 0 Å². The fourth-order valence-electron chi connectivity index (χ4n) is 0.688. The van der Waals surface area contributed by atoms with Crippen LogP contribution in [0.4, 0.5) is 5.69 Å². The number of H-pyrrole nitrogens is 1. The highest BCUT2D eigenvalue weighted by molar-refractivity contribution is 5.28. The van der Waals surface area contributed by atoms with Crippen LogP contribution in [0.3, 0.4) is 0 Å². The summed E-state index contributed by atoms with van der Waals surface area (Å²) in [5.41, 5.74) is -0.0445. The number of aryl methyl sites for hydroxylation is 1. The molecule has 1 aromatic rings. The van der Waals surface area contributed by atoms with Crippen LogP contribution in [-0.4, -0.2) is 9.91 Å². The Kier molecular flexibility index (Phi) is 1.72. The van der Waals surface area contributed by atoms with Crippen LogP contribution < -0.4 is 5.56 Å². The lowest BCUT2D eigenvalue weighted by atomic mass is 10.3. The van der Waals surface area contributed by atoms with Crippen LogP contribution in [-0.2, 0) is 0 Å². The molecule has 0 amide bonds. The Hall–Kier alpha value is -1.65. The number of rotatable bonds is 1. The Bertz CT molecular complexity index is 342. The second-order valence-electron chi connectivity index (χ2n) is 2.13. The van der Waals surface area contributed by atoms with Crippen molar-refractivity contribution < 1.29 is 4.92 Å². The maximum Gasteiger partial charge on any atom is 0.285 e. The van der Waals surface area contributed by atoms with Crippen molar-refractivity contribution >= 4 is 5.69 Å². The van der Waals surface area contributed by atoms with E-state index in [-0.39, 0.29) is 11.2 Å². The summed E-state index contributed by atoms with van der Waals surface area (Å²) in [5, 5.41) is 10.1. The monoisotopic (exact) mass is 154 g/mol. The first kappa shape index (κ1) is 7.46. The molecule has 0 aliphatic carbocycles. The first-order valence-corrected chi connectivity index (χ1v) is 2.95. The first-order chi connectivity index (χ1) is 5.11. The van der Waals surface area contributed by atoms with Crippen molar-refractivity contribution in [1.29, 1.82) is 0 Å². The average molecular weight is 154 g/mol. The molecular formula is C6H6N2O3. The SMILES string of the molecule is Cc1cc([N+](=O)[O-])c[nH]c1=O. The standard InChI is InChI=1S/C6H6N2O3/c1-4-2-5(8(10)11)3-7-6(4)9/h2-3H,1H3,(H,7,9). The number of hydrogen-bond acceptors (Lipinski definition) is 3. The van der Waals surface area contributed by atoms with Gasteiger partial charge in [0.2, 0.25) is 0 Å². The van der Waals surface area contributed by atoms with Crippen LogP contribution in [0.1, 0.15) is 5.56 Å². The number of nitro groups is 1. The van der Waals surface area contributed by atoms with Gasteiger partial charge in [-0.1, -0.05) is 0 Å². The zero-order chi connectivity index (χ0) is 8.43. The van der Waals surface area contributed by atoms with E-state index in [9.17, 15) is 14.9 Å². The van der Waals surface area contributed by atoms with Crippen LogP contribution >= 0.6 is 0 Å². The highest BCUT2D eigenvalue weighted by Crippen LogP contribution is 2.06. The molecule has 0 aromatic carbocycles. The van der Waals surface area contributed by atoms with Crippen molar-refractivity contribution in [2.45, 2.75) is 6.92 Å². The Morgan fingerprint density at radius 3 is 2.73 bits per heavy atom. The van der Waals surface area contributed by atoms with E-state index in [0.29, 0.717) is 5.56 Å². The number of nitrogens with zero attached hydrogens (tertiary/aromatic N) is 1. The summed E-state index contributed by atoms with van der Waals surface area (Å²) < 4.78 is 0. The van der Waals surface area contributed by atoms with Gasteiger partial charge in [-0.25, -0.2) is 0 Å². The highest BCUT2D eigenvalue weighted by atomic mass is 16.6. The molecule has 5 nitrogen and oxygen atoms in total. The van der Waals surface area contributed by atoms with E-state index in [1.165, 1.54) is 13.0 Å². The number of aromatic nitrogens is 1. The smallest absolute Gasteiger partial charge is 0.285 e. The quantitative estimate of drug-likeness (QED) is 0.475. The lowest BCUT2D eigenvalue weighted by molar-refractivity contribution is -0.385. The van der Waals surface area contributed by atoms with E-state index in [1.807, 2.05) is 0 Å². The van der Waals surface area contributed by atoms with Gasteiger partial charge < -0.3 is 4.98 Å². The van der Waals surface area contributed by atoms with E-state index in [4.69, 9.17) is 0 Å². The largest absolute Gasteiger partial charge is 0.323 e. The van der Waals surface area contributed by atoms with E-state index < -0.39 is 4.92 Å². The number of hydrogen-bond donors (Lipinski definition) is 1.